The molecule has 1 N–H and O–H groups in total. The largest absolute Gasteiger partial charge is 0.497 e. The Morgan fingerprint density at radius 2 is 1.82 bits per heavy atom. The number of ether oxygens (including phenoxy) is 2. The summed E-state index contributed by atoms with van der Waals surface area (Å²) in [6.45, 7) is 0.542. The van der Waals surface area contributed by atoms with Crippen LogP contribution >= 0.6 is 0 Å². The number of aryl methyl sites for hydroxylation is 1. The number of nitrogens with one attached hydrogen (secondary N) is 1. The summed E-state index contributed by atoms with van der Waals surface area (Å²) < 4.78 is 15.7. The van der Waals surface area contributed by atoms with Crippen LogP contribution in [-0.4, -0.2) is 36.8 Å². The van der Waals surface area contributed by atoms with E-state index in [2.05, 4.69) is 15.5 Å². The molecule has 28 heavy (non-hydrogen) atoms. The molecule has 3 aromatic rings. The predicted molar refractivity (Wildman–Crippen MR) is 104 cm³/mol. The van der Waals surface area contributed by atoms with Crippen LogP contribution < -0.4 is 14.8 Å². The Morgan fingerprint density at radius 3 is 2.57 bits per heavy atom. The van der Waals surface area contributed by atoms with Crippen molar-refractivity contribution in [3.8, 4) is 22.9 Å². The number of amides is 1. The number of aromatic nitrogens is 2. The maximum absolute atomic E-state index is 12.1. The molecule has 0 fully saturated rings. The molecule has 1 amide bonds. The number of nitrogens with zero attached hydrogens (tertiary/aromatic N) is 2. The number of methoxy groups -OCH3 is 2. The van der Waals surface area contributed by atoms with Crippen LogP contribution in [0.25, 0.3) is 11.4 Å². The number of carbonyl (C=O) groups excluding carboxylic acids is 1. The van der Waals surface area contributed by atoms with Crippen molar-refractivity contribution in [2.75, 3.05) is 20.8 Å². The molecule has 3 rings (SSSR count). The average molecular weight is 381 g/mol. The molecule has 0 bridgehead atoms. The second-order valence-corrected chi connectivity index (χ2v) is 6.15. The molecule has 0 radical (unpaired) electrons. The lowest BCUT2D eigenvalue weighted by Gasteiger charge is -2.08. The number of hydrogen-bond donors (Lipinski definition) is 1. The van der Waals surface area contributed by atoms with Gasteiger partial charge in [-0.1, -0.05) is 23.4 Å². The van der Waals surface area contributed by atoms with E-state index in [1.54, 1.807) is 14.2 Å². The van der Waals surface area contributed by atoms with Gasteiger partial charge in [-0.3, -0.25) is 4.79 Å². The molecule has 1 aromatic heterocycles. The average Bonchev–Trinajstić information content (AvgIpc) is 3.22. The van der Waals surface area contributed by atoms with Crippen LogP contribution in [0.5, 0.6) is 11.5 Å². The molecular formula is C21H23N3O4. The van der Waals surface area contributed by atoms with Gasteiger partial charge in [0.05, 0.1) is 14.2 Å². The fourth-order valence-electron chi connectivity index (χ4n) is 2.77. The Balaban J connectivity index is 1.45. The molecule has 0 saturated heterocycles. The van der Waals surface area contributed by atoms with E-state index in [0.29, 0.717) is 31.1 Å². The molecule has 0 aliphatic heterocycles. The Labute approximate surface area is 163 Å². The van der Waals surface area contributed by atoms with Crippen molar-refractivity contribution < 1.29 is 18.8 Å². The van der Waals surface area contributed by atoms with Gasteiger partial charge in [-0.15, -0.1) is 0 Å². The van der Waals surface area contributed by atoms with Gasteiger partial charge < -0.3 is 19.3 Å². The minimum atomic E-state index is -0.0564. The molecule has 7 heteroatoms. The Kier molecular flexibility index (Phi) is 6.62. The normalized spacial score (nSPS) is 10.5. The number of hydrogen-bond acceptors (Lipinski definition) is 6. The second-order valence-electron chi connectivity index (χ2n) is 6.15. The lowest BCUT2D eigenvalue weighted by Crippen LogP contribution is -2.26. The van der Waals surface area contributed by atoms with Gasteiger partial charge in [-0.25, -0.2) is 0 Å². The van der Waals surface area contributed by atoms with E-state index in [1.807, 2.05) is 48.5 Å². The Bertz CT molecular complexity index is 906. The quantitative estimate of drug-likeness (QED) is 0.613. The Hall–Kier alpha value is -3.35. The van der Waals surface area contributed by atoms with Crippen LogP contribution in [0.3, 0.4) is 0 Å². The molecule has 0 unspecified atom stereocenters. The molecule has 0 aliphatic carbocycles. The van der Waals surface area contributed by atoms with Gasteiger partial charge in [0.15, 0.2) is 0 Å². The zero-order chi connectivity index (χ0) is 19.8. The summed E-state index contributed by atoms with van der Waals surface area (Å²) >= 11 is 0. The summed E-state index contributed by atoms with van der Waals surface area (Å²) in [6.07, 6.45) is 1.39. The van der Waals surface area contributed by atoms with Gasteiger partial charge in [0.1, 0.15) is 11.5 Å². The van der Waals surface area contributed by atoms with E-state index >= 15 is 0 Å². The standard InChI is InChI=1S/C21H23N3O4/c1-26-17-9-7-16(8-10-17)21-23-20(28-24-21)12-11-19(25)22-14-13-15-5-3-4-6-18(15)27-2/h3-10H,11-14H2,1-2H3,(H,22,25). The van der Waals surface area contributed by atoms with Crippen molar-refractivity contribution in [3.63, 3.8) is 0 Å². The summed E-state index contributed by atoms with van der Waals surface area (Å²) in [5.41, 5.74) is 1.89. The summed E-state index contributed by atoms with van der Waals surface area (Å²) in [4.78, 5) is 16.4. The lowest BCUT2D eigenvalue weighted by molar-refractivity contribution is -0.121. The highest BCUT2D eigenvalue weighted by atomic mass is 16.5. The predicted octanol–water partition coefficient (Wildman–Crippen LogP) is 3.05. The maximum atomic E-state index is 12.1. The number of rotatable bonds is 9. The van der Waals surface area contributed by atoms with E-state index in [9.17, 15) is 4.79 Å². The van der Waals surface area contributed by atoms with E-state index in [-0.39, 0.29) is 12.3 Å². The van der Waals surface area contributed by atoms with Crippen molar-refractivity contribution in [2.24, 2.45) is 0 Å². The fraction of sp³-hybridized carbons (Fsp3) is 0.286. The highest BCUT2D eigenvalue weighted by Crippen LogP contribution is 2.20. The van der Waals surface area contributed by atoms with E-state index < -0.39 is 0 Å². The van der Waals surface area contributed by atoms with Crippen LogP contribution in [0.1, 0.15) is 17.9 Å². The van der Waals surface area contributed by atoms with E-state index in [4.69, 9.17) is 14.0 Å². The smallest absolute Gasteiger partial charge is 0.227 e. The first-order valence-electron chi connectivity index (χ1n) is 9.05. The SMILES string of the molecule is COc1ccc(-c2noc(CCC(=O)NCCc3ccccc3OC)n2)cc1. The first-order valence-corrected chi connectivity index (χ1v) is 9.05. The van der Waals surface area contributed by atoms with Crippen LogP contribution in [-0.2, 0) is 17.6 Å². The van der Waals surface area contributed by atoms with Gasteiger partial charge in [0.25, 0.3) is 0 Å². The Morgan fingerprint density at radius 1 is 1.04 bits per heavy atom. The first-order chi connectivity index (χ1) is 13.7. The zero-order valence-electron chi connectivity index (χ0n) is 16.0. The van der Waals surface area contributed by atoms with Crippen LogP contribution in [0.15, 0.2) is 53.1 Å². The van der Waals surface area contributed by atoms with Crippen molar-refractivity contribution in [1.29, 1.82) is 0 Å². The van der Waals surface area contributed by atoms with Crippen LogP contribution in [0.4, 0.5) is 0 Å². The van der Waals surface area contributed by atoms with E-state index in [1.165, 1.54) is 0 Å². The van der Waals surface area contributed by atoms with Gasteiger partial charge in [-0.2, -0.15) is 4.98 Å². The zero-order valence-corrected chi connectivity index (χ0v) is 16.0. The summed E-state index contributed by atoms with van der Waals surface area (Å²) in [5, 5.41) is 6.87. The number of benzene rings is 2. The minimum Gasteiger partial charge on any atom is -0.497 e. The summed E-state index contributed by atoms with van der Waals surface area (Å²) in [7, 11) is 3.25. The van der Waals surface area contributed by atoms with E-state index in [0.717, 1.165) is 22.6 Å². The first kappa shape index (κ1) is 19.4. The third kappa shape index (κ3) is 5.09. The number of para-hydroxylation sites is 1. The third-order valence-corrected chi connectivity index (χ3v) is 4.29. The van der Waals surface area contributed by atoms with Gasteiger partial charge in [0.2, 0.25) is 17.6 Å². The van der Waals surface area contributed by atoms with Gasteiger partial charge >= 0.3 is 0 Å². The lowest BCUT2D eigenvalue weighted by atomic mass is 10.1. The van der Waals surface area contributed by atoms with Crippen molar-refractivity contribution in [2.45, 2.75) is 19.3 Å². The molecule has 146 valence electrons. The topological polar surface area (TPSA) is 86.5 Å². The van der Waals surface area contributed by atoms with Crippen LogP contribution in [0.2, 0.25) is 0 Å². The van der Waals surface area contributed by atoms with Crippen molar-refractivity contribution >= 4 is 5.91 Å². The van der Waals surface area contributed by atoms with Crippen molar-refractivity contribution in [1.82, 2.24) is 15.5 Å². The minimum absolute atomic E-state index is 0.0564. The van der Waals surface area contributed by atoms with Gasteiger partial charge in [0, 0.05) is 24.9 Å². The molecule has 0 spiro atoms. The molecule has 1 heterocycles. The van der Waals surface area contributed by atoms with Crippen LogP contribution in [0, 0.1) is 0 Å². The molecule has 0 aliphatic rings. The van der Waals surface area contributed by atoms with Gasteiger partial charge in [-0.05, 0) is 42.3 Å². The summed E-state index contributed by atoms with van der Waals surface area (Å²) in [6, 6.07) is 15.2. The summed E-state index contributed by atoms with van der Waals surface area (Å²) in [5.74, 6) is 2.46. The fourth-order valence-corrected chi connectivity index (χ4v) is 2.77. The molecule has 2 aromatic carbocycles. The molecule has 0 atom stereocenters. The second kappa shape index (κ2) is 9.55. The maximum Gasteiger partial charge on any atom is 0.227 e. The molecule has 7 nitrogen and oxygen atoms in total. The molecular weight excluding hydrogens is 358 g/mol. The highest BCUT2D eigenvalue weighted by Gasteiger charge is 2.11. The molecule has 0 saturated carbocycles. The monoisotopic (exact) mass is 381 g/mol. The number of carbonyl (C=O) groups is 1. The third-order valence-electron chi connectivity index (χ3n) is 4.29. The van der Waals surface area contributed by atoms with Crippen molar-refractivity contribution in [3.05, 3.63) is 60.0 Å². The highest BCUT2D eigenvalue weighted by molar-refractivity contribution is 5.76.